The third kappa shape index (κ3) is 5.41. The van der Waals surface area contributed by atoms with E-state index in [0.29, 0.717) is 24.6 Å². The van der Waals surface area contributed by atoms with Gasteiger partial charge in [-0.25, -0.2) is 4.98 Å². The number of imidazole rings is 1. The molecule has 1 unspecified atom stereocenters. The van der Waals surface area contributed by atoms with E-state index in [1.54, 1.807) is 4.57 Å². The zero-order valence-corrected chi connectivity index (χ0v) is 21.4. The predicted octanol–water partition coefficient (Wildman–Crippen LogP) is 2.24. The first-order valence-electron chi connectivity index (χ1n) is 11.9. The maximum atomic E-state index is 12.7. The zero-order chi connectivity index (χ0) is 25.4. The summed E-state index contributed by atoms with van der Waals surface area (Å²) in [6.07, 6.45) is 5.88. The van der Waals surface area contributed by atoms with Crippen LogP contribution in [0.3, 0.4) is 0 Å². The highest BCUT2D eigenvalue weighted by Crippen LogP contribution is 2.65. The number of nitrogens with zero attached hydrogens (tertiary/aromatic N) is 3. The lowest BCUT2D eigenvalue weighted by Crippen LogP contribution is -2.45. The Balaban J connectivity index is 1.40. The van der Waals surface area contributed by atoms with Gasteiger partial charge in [-0.3, -0.25) is 19.1 Å². The van der Waals surface area contributed by atoms with Crippen LogP contribution in [0.25, 0.3) is 17.4 Å². The molecule has 1 aliphatic carbocycles. The second-order valence-electron chi connectivity index (χ2n) is 9.62. The van der Waals surface area contributed by atoms with Gasteiger partial charge in [0.2, 0.25) is 5.95 Å². The van der Waals surface area contributed by atoms with E-state index in [-0.39, 0.29) is 36.0 Å². The predicted molar refractivity (Wildman–Crippen MR) is 132 cm³/mol. The molecule has 0 bridgehead atoms. The summed E-state index contributed by atoms with van der Waals surface area (Å²) in [5, 5.41) is 2.90. The van der Waals surface area contributed by atoms with Crippen LogP contribution in [-0.4, -0.2) is 56.2 Å². The second kappa shape index (κ2) is 9.94. The van der Waals surface area contributed by atoms with Crippen LogP contribution in [-0.2, 0) is 18.6 Å². The minimum atomic E-state index is -3.45. The molecule has 4 rings (SSSR count). The first kappa shape index (κ1) is 25.7. The Morgan fingerprint density at radius 1 is 1.40 bits per heavy atom. The number of anilines is 1. The van der Waals surface area contributed by atoms with E-state index in [0.717, 1.165) is 18.4 Å². The Bertz CT molecular complexity index is 1160. The van der Waals surface area contributed by atoms with E-state index in [2.05, 4.69) is 33.9 Å². The average Bonchev–Trinajstić information content (AvgIpc) is 3.33. The number of fused-ring (bicyclic) bond motifs is 1. The van der Waals surface area contributed by atoms with Crippen molar-refractivity contribution in [3.63, 3.8) is 0 Å². The Hall–Kier alpha value is -2.37. The lowest BCUT2D eigenvalue weighted by atomic mass is 10.0. The van der Waals surface area contributed by atoms with Crippen molar-refractivity contribution in [1.82, 2.24) is 24.6 Å². The van der Waals surface area contributed by atoms with Crippen LogP contribution < -0.4 is 16.4 Å². The highest BCUT2D eigenvalue weighted by molar-refractivity contribution is 7.58. The van der Waals surface area contributed by atoms with Gasteiger partial charge in [-0.15, -0.1) is 5.09 Å². The molecule has 2 fully saturated rings. The van der Waals surface area contributed by atoms with Crippen molar-refractivity contribution < 1.29 is 23.5 Å². The summed E-state index contributed by atoms with van der Waals surface area (Å²) in [6, 6.07) is -0.752. The van der Waals surface area contributed by atoms with Crippen molar-refractivity contribution in [2.45, 2.75) is 53.0 Å². The molecule has 3 heterocycles. The first-order chi connectivity index (χ1) is 16.6. The molecule has 12 nitrogen and oxygen atoms in total. The number of aromatic nitrogens is 4. The topological polar surface area (TPSA) is 167 Å². The van der Waals surface area contributed by atoms with Gasteiger partial charge >= 0.3 is 14.1 Å². The van der Waals surface area contributed by atoms with Crippen LogP contribution in [0, 0.1) is 17.3 Å². The summed E-state index contributed by atoms with van der Waals surface area (Å²) in [6.45, 7) is 8.68. The number of nitrogen functional groups attached to an aromatic ring is 1. The van der Waals surface area contributed by atoms with Crippen molar-refractivity contribution in [3.05, 3.63) is 22.3 Å². The maximum Gasteiger partial charge on any atom is 0.499 e. The number of hydrogen-bond donors (Lipinski definition) is 4. The molecule has 35 heavy (non-hydrogen) atoms. The molecular formula is C22H34N6O6P+. The van der Waals surface area contributed by atoms with E-state index in [9.17, 15) is 14.5 Å². The molecule has 192 valence electrons. The van der Waals surface area contributed by atoms with Gasteiger partial charge in [0.1, 0.15) is 25.6 Å². The Morgan fingerprint density at radius 2 is 2.09 bits per heavy atom. The molecule has 2 aromatic rings. The summed E-state index contributed by atoms with van der Waals surface area (Å²) in [4.78, 5) is 46.4. The van der Waals surface area contributed by atoms with Crippen LogP contribution in [0.1, 0.15) is 47.0 Å². The number of aromatic amines is 1. The van der Waals surface area contributed by atoms with Gasteiger partial charge < -0.3 is 10.5 Å². The molecule has 5 N–H and O–H groups in total. The van der Waals surface area contributed by atoms with Crippen molar-refractivity contribution in [2.75, 3.05) is 25.6 Å². The molecule has 1 saturated carbocycles. The zero-order valence-electron chi connectivity index (χ0n) is 20.5. The van der Waals surface area contributed by atoms with E-state index in [4.69, 9.17) is 19.5 Å². The van der Waals surface area contributed by atoms with E-state index in [1.807, 2.05) is 20.0 Å². The van der Waals surface area contributed by atoms with Gasteiger partial charge in [-0.1, -0.05) is 40.5 Å². The number of nitrogens with one attached hydrogen (secondary N) is 2. The van der Waals surface area contributed by atoms with Crippen molar-refractivity contribution >= 4 is 37.4 Å². The lowest BCUT2D eigenvalue weighted by molar-refractivity contribution is -0.148. The van der Waals surface area contributed by atoms with Gasteiger partial charge in [-0.05, 0) is 23.8 Å². The number of carbonyl (C=O) groups is 1. The van der Waals surface area contributed by atoms with Gasteiger partial charge in [0, 0.05) is 6.20 Å². The fourth-order valence-corrected chi connectivity index (χ4v) is 5.86. The molecule has 0 aromatic carbocycles. The van der Waals surface area contributed by atoms with Gasteiger partial charge in [0.05, 0.1) is 12.0 Å². The summed E-state index contributed by atoms with van der Waals surface area (Å²) >= 11 is 0. The smallest absolute Gasteiger partial charge is 0.464 e. The summed E-state index contributed by atoms with van der Waals surface area (Å²) in [5.74, 6) is -0.236. The van der Waals surface area contributed by atoms with Crippen molar-refractivity contribution in [3.8, 4) is 0 Å². The fourth-order valence-electron chi connectivity index (χ4n) is 4.04. The summed E-state index contributed by atoms with van der Waals surface area (Å²) < 4.78 is 18.7. The summed E-state index contributed by atoms with van der Waals surface area (Å²) in [7, 11) is -3.45. The van der Waals surface area contributed by atoms with E-state index < -0.39 is 25.7 Å². The fraction of sp³-hybridized carbons (Fsp3) is 0.636. The maximum absolute atomic E-state index is 12.7. The van der Waals surface area contributed by atoms with Crippen LogP contribution in [0.15, 0.2) is 16.7 Å². The van der Waals surface area contributed by atoms with Crippen LogP contribution >= 0.6 is 8.09 Å². The molecule has 1 atom stereocenters. The number of H-pyrrole nitrogens is 1. The highest BCUT2D eigenvalue weighted by atomic mass is 31.2. The average molecular weight is 510 g/mol. The SMILES string of the molecule is CCC(CC)COC(=O)C(N[P+]1(O)OCC2(CO1)CC2=Cn1cnc2c(=O)[nH]c(N)nc21)C(C)C. The molecule has 0 amide bonds. The number of carbonyl (C=O) groups excluding carboxylic acids is 1. The first-order valence-corrected chi connectivity index (χ1v) is 13.5. The van der Waals surface area contributed by atoms with Crippen LogP contribution in [0.2, 0.25) is 0 Å². The quantitative estimate of drug-likeness (QED) is 0.291. The van der Waals surface area contributed by atoms with E-state index in [1.165, 1.54) is 6.33 Å². The molecule has 1 spiro atoms. The minimum absolute atomic E-state index is 0.0107. The number of esters is 1. The Labute approximate surface area is 203 Å². The van der Waals surface area contributed by atoms with Crippen molar-refractivity contribution in [2.24, 2.45) is 17.3 Å². The minimum Gasteiger partial charge on any atom is -0.464 e. The standard InChI is InChI=1S/C22H33N6O6P/c1-5-14(6-2)9-32-20(30)16(13(3)4)27-35(31)33-10-22(11-34-35)7-15(22)8-28-12-24-17-18(28)25-21(23)26-19(17)29/h8,12-14,16,27,31H,5-7,9-11H2,1-4H3,(H2-,23,25,26,29)/p+1. The van der Waals surface area contributed by atoms with Gasteiger partial charge in [-0.2, -0.15) is 18.9 Å². The van der Waals surface area contributed by atoms with Gasteiger partial charge in [0.15, 0.2) is 11.2 Å². The molecule has 2 aliphatic rings. The largest absolute Gasteiger partial charge is 0.499 e. The van der Waals surface area contributed by atoms with Crippen molar-refractivity contribution in [1.29, 1.82) is 0 Å². The Kier molecular flexibility index (Phi) is 7.31. The molecule has 13 heteroatoms. The third-order valence-corrected chi connectivity index (χ3v) is 8.26. The van der Waals surface area contributed by atoms with Gasteiger partial charge in [0.25, 0.3) is 5.56 Å². The molecule has 2 aromatic heterocycles. The number of ether oxygens (including phenoxy) is 1. The lowest BCUT2D eigenvalue weighted by Gasteiger charge is -2.29. The van der Waals surface area contributed by atoms with E-state index >= 15 is 0 Å². The number of hydrogen-bond acceptors (Lipinski definition) is 10. The number of rotatable bonds is 9. The molecule has 1 saturated heterocycles. The van der Waals surface area contributed by atoms with Crippen LogP contribution in [0.5, 0.6) is 0 Å². The number of nitrogens with two attached hydrogens (primary N) is 1. The molecular weight excluding hydrogens is 475 g/mol. The normalized spacial score (nSPS) is 26.2. The molecule has 0 radical (unpaired) electrons. The monoisotopic (exact) mass is 509 g/mol. The second-order valence-corrected chi connectivity index (χ2v) is 11.4. The summed E-state index contributed by atoms with van der Waals surface area (Å²) in [5.41, 5.74) is 6.43. The molecule has 1 aliphatic heterocycles. The highest BCUT2D eigenvalue weighted by Gasteiger charge is 2.62. The Morgan fingerprint density at radius 3 is 2.71 bits per heavy atom. The third-order valence-electron chi connectivity index (χ3n) is 6.70. The van der Waals surface area contributed by atoms with Crippen LogP contribution in [0.4, 0.5) is 5.95 Å².